The number of nitrogens with zero attached hydrogens (tertiary/aromatic N) is 1. The van der Waals surface area contributed by atoms with E-state index in [0.717, 1.165) is 11.3 Å². The van der Waals surface area contributed by atoms with Crippen molar-refractivity contribution in [2.75, 3.05) is 0 Å². The van der Waals surface area contributed by atoms with Crippen LogP contribution in [0.3, 0.4) is 0 Å². The number of halogens is 2. The number of carboxylic acids is 1. The Morgan fingerprint density at radius 1 is 1.36 bits per heavy atom. The van der Waals surface area contributed by atoms with Gasteiger partial charge in [-0.15, -0.1) is 11.3 Å². The van der Waals surface area contributed by atoms with Gasteiger partial charge in [-0.2, -0.15) is 0 Å². The number of nitro groups is 1. The topological polar surface area (TPSA) is 97.5 Å². The maximum absolute atomic E-state index is 12.4. The van der Waals surface area contributed by atoms with Crippen LogP contribution >= 0.6 is 49.9 Å². The Hall–Kier alpha value is -1.33. The number of aliphatic carboxylic acids is 1. The monoisotopic (exact) mass is 495 g/mol. The summed E-state index contributed by atoms with van der Waals surface area (Å²) in [5.41, 5.74) is 0.566. The van der Waals surface area contributed by atoms with Crippen LogP contribution in [0.4, 0.5) is 5.69 Å². The highest BCUT2D eigenvalue weighted by Gasteiger charge is 2.20. The minimum Gasteiger partial charge on any atom is -0.481 e. The molecule has 0 unspecified atom stereocenters. The van der Waals surface area contributed by atoms with Gasteiger partial charge in [0.15, 0.2) is 0 Å². The SMILES string of the molecule is O=C(O)Cc1cc(C(=O)c2ccc(I)c([N+](=O)[O-])c2)sc1Br. The molecule has 1 heterocycles. The molecule has 0 radical (unpaired) electrons. The summed E-state index contributed by atoms with van der Waals surface area (Å²) >= 11 is 6.17. The Kier molecular flexibility index (Phi) is 5.29. The molecule has 9 heteroatoms. The highest BCUT2D eigenvalue weighted by molar-refractivity contribution is 14.1. The lowest BCUT2D eigenvalue weighted by molar-refractivity contribution is -0.385. The van der Waals surface area contributed by atoms with Crippen molar-refractivity contribution in [2.24, 2.45) is 0 Å². The Balaban J connectivity index is 2.38. The zero-order valence-corrected chi connectivity index (χ0v) is 15.3. The van der Waals surface area contributed by atoms with Gasteiger partial charge < -0.3 is 5.11 Å². The number of carboxylic acid groups (broad SMARTS) is 1. The summed E-state index contributed by atoms with van der Waals surface area (Å²) in [6.07, 6.45) is -0.197. The quantitative estimate of drug-likeness (QED) is 0.294. The molecule has 0 aliphatic carbocycles. The van der Waals surface area contributed by atoms with Gasteiger partial charge in [-0.25, -0.2) is 0 Å². The summed E-state index contributed by atoms with van der Waals surface area (Å²) in [6.45, 7) is 0. The van der Waals surface area contributed by atoms with E-state index in [1.807, 2.05) is 22.6 Å². The highest BCUT2D eigenvalue weighted by Crippen LogP contribution is 2.31. The predicted octanol–water partition coefficient (Wildman–Crippen LogP) is 3.88. The lowest BCUT2D eigenvalue weighted by Gasteiger charge is -2.00. The molecule has 1 N–H and O–H groups in total. The van der Waals surface area contributed by atoms with Gasteiger partial charge in [-0.3, -0.25) is 19.7 Å². The van der Waals surface area contributed by atoms with E-state index in [0.29, 0.717) is 17.8 Å². The number of ketones is 1. The van der Waals surface area contributed by atoms with Crippen LogP contribution in [-0.4, -0.2) is 21.8 Å². The molecule has 0 atom stereocenters. The Labute approximate surface area is 150 Å². The van der Waals surface area contributed by atoms with Crippen molar-refractivity contribution in [1.82, 2.24) is 0 Å². The van der Waals surface area contributed by atoms with Crippen LogP contribution in [0, 0.1) is 13.7 Å². The molecule has 1 aromatic heterocycles. The molecule has 114 valence electrons. The van der Waals surface area contributed by atoms with E-state index in [2.05, 4.69) is 15.9 Å². The summed E-state index contributed by atoms with van der Waals surface area (Å²) in [5, 5.41) is 19.7. The second-order valence-electron chi connectivity index (χ2n) is 4.23. The Morgan fingerprint density at radius 3 is 2.64 bits per heavy atom. The molecule has 2 rings (SSSR count). The number of hydrogen-bond acceptors (Lipinski definition) is 5. The number of carbonyl (C=O) groups is 2. The van der Waals surface area contributed by atoms with E-state index in [1.54, 1.807) is 0 Å². The number of carbonyl (C=O) groups excluding carboxylic acids is 1. The maximum atomic E-state index is 12.4. The first-order chi connectivity index (χ1) is 10.3. The van der Waals surface area contributed by atoms with Gasteiger partial charge in [0.1, 0.15) is 0 Å². The van der Waals surface area contributed by atoms with Gasteiger partial charge >= 0.3 is 5.97 Å². The van der Waals surface area contributed by atoms with E-state index in [9.17, 15) is 19.7 Å². The second kappa shape index (κ2) is 6.84. The van der Waals surface area contributed by atoms with Crippen molar-refractivity contribution in [3.8, 4) is 0 Å². The summed E-state index contributed by atoms with van der Waals surface area (Å²) in [7, 11) is 0. The van der Waals surface area contributed by atoms with Crippen molar-refractivity contribution in [1.29, 1.82) is 0 Å². The van der Waals surface area contributed by atoms with Crippen molar-refractivity contribution in [3.63, 3.8) is 0 Å². The molecule has 0 spiro atoms. The number of rotatable bonds is 5. The van der Waals surface area contributed by atoms with Crippen LogP contribution < -0.4 is 0 Å². The first-order valence-electron chi connectivity index (χ1n) is 5.78. The molecule has 1 aromatic carbocycles. The molecule has 0 bridgehead atoms. The van der Waals surface area contributed by atoms with Crippen LogP contribution in [-0.2, 0) is 11.2 Å². The fourth-order valence-electron chi connectivity index (χ4n) is 1.74. The van der Waals surface area contributed by atoms with E-state index >= 15 is 0 Å². The standard InChI is InChI=1S/C13H7BrINO5S/c14-13-7(5-11(17)18)4-10(22-13)12(19)6-1-2-8(15)9(3-6)16(20)21/h1-4H,5H2,(H,17,18). The maximum Gasteiger partial charge on any atom is 0.307 e. The van der Waals surface area contributed by atoms with Crippen LogP contribution in [0.5, 0.6) is 0 Å². The fraction of sp³-hybridized carbons (Fsp3) is 0.0769. The molecule has 0 saturated heterocycles. The van der Waals surface area contributed by atoms with Gasteiger partial charge in [0.25, 0.3) is 5.69 Å². The summed E-state index contributed by atoms with van der Waals surface area (Å²) in [5.74, 6) is -1.37. The second-order valence-corrected chi connectivity index (χ2v) is 7.76. The molecule has 2 aromatic rings. The highest BCUT2D eigenvalue weighted by atomic mass is 127. The lowest BCUT2D eigenvalue weighted by atomic mass is 10.1. The summed E-state index contributed by atoms with van der Waals surface area (Å²) in [6, 6.07) is 5.75. The first-order valence-corrected chi connectivity index (χ1v) is 8.47. The first kappa shape index (κ1) is 17.0. The largest absolute Gasteiger partial charge is 0.481 e. The number of thiophene rings is 1. The van der Waals surface area contributed by atoms with E-state index in [4.69, 9.17) is 5.11 Å². The molecule has 0 aliphatic heterocycles. The number of hydrogen-bond donors (Lipinski definition) is 1. The predicted molar refractivity (Wildman–Crippen MR) is 92.6 cm³/mol. The summed E-state index contributed by atoms with van der Waals surface area (Å²) < 4.78 is 1.01. The normalized spacial score (nSPS) is 10.5. The number of nitro benzene ring substituents is 1. The van der Waals surface area contributed by atoms with Crippen molar-refractivity contribution < 1.29 is 19.6 Å². The molecule has 0 saturated carbocycles. The Bertz CT molecular complexity index is 789. The van der Waals surface area contributed by atoms with E-state index < -0.39 is 10.9 Å². The average Bonchev–Trinajstić information content (AvgIpc) is 2.79. The van der Waals surface area contributed by atoms with Crippen LogP contribution in [0.25, 0.3) is 0 Å². The molecule has 6 nitrogen and oxygen atoms in total. The van der Waals surface area contributed by atoms with E-state index in [1.165, 1.54) is 24.3 Å². The zero-order chi connectivity index (χ0) is 16.4. The smallest absolute Gasteiger partial charge is 0.307 e. The molecule has 0 aliphatic rings. The zero-order valence-electron chi connectivity index (χ0n) is 10.7. The lowest BCUT2D eigenvalue weighted by Crippen LogP contribution is -2.02. The van der Waals surface area contributed by atoms with Crippen molar-refractivity contribution >= 4 is 67.3 Å². The number of benzene rings is 1. The van der Waals surface area contributed by atoms with Crippen molar-refractivity contribution in [2.45, 2.75) is 6.42 Å². The summed E-state index contributed by atoms with van der Waals surface area (Å²) in [4.78, 5) is 33.9. The molecular weight excluding hydrogens is 489 g/mol. The minimum absolute atomic E-state index is 0.132. The third kappa shape index (κ3) is 3.70. The van der Waals surface area contributed by atoms with Crippen LogP contribution in [0.2, 0.25) is 0 Å². The minimum atomic E-state index is -0.998. The van der Waals surface area contributed by atoms with Crippen molar-refractivity contribution in [3.05, 3.63) is 57.7 Å². The molecule has 22 heavy (non-hydrogen) atoms. The fourth-order valence-corrected chi connectivity index (χ4v) is 3.92. The van der Waals surface area contributed by atoms with Gasteiger partial charge in [-0.05, 0) is 62.3 Å². The van der Waals surface area contributed by atoms with E-state index in [-0.39, 0.29) is 23.5 Å². The molecule has 0 amide bonds. The van der Waals surface area contributed by atoms with Gasteiger partial charge in [0.05, 0.1) is 23.6 Å². The van der Waals surface area contributed by atoms with Gasteiger partial charge in [-0.1, -0.05) is 0 Å². The van der Waals surface area contributed by atoms with Gasteiger partial charge in [0.2, 0.25) is 5.78 Å². The Morgan fingerprint density at radius 2 is 2.05 bits per heavy atom. The van der Waals surface area contributed by atoms with Gasteiger partial charge in [0, 0.05) is 11.6 Å². The third-order valence-corrected chi connectivity index (χ3v) is 5.60. The average molecular weight is 496 g/mol. The third-order valence-electron chi connectivity index (χ3n) is 2.73. The van der Waals surface area contributed by atoms with Crippen LogP contribution in [0.15, 0.2) is 28.1 Å². The molecular formula is C13H7BrINO5S. The molecule has 0 fully saturated rings. The van der Waals surface area contributed by atoms with Crippen LogP contribution in [0.1, 0.15) is 20.8 Å².